The number of para-hydroxylation sites is 2. The van der Waals surface area contributed by atoms with Crippen molar-refractivity contribution >= 4 is 28.3 Å². The van der Waals surface area contributed by atoms with E-state index in [0.29, 0.717) is 35.8 Å². The summed E-state index contributed by atoms with van der Waals surface area (Å²) >= 11 is 1.66. The number of aromatic hydroxyl groups is 1. The van der Waals surface area contributed by atoms with Gasteiger partial charge in [0.2, 0.25) is 0 Å². The number of rotatable bonds is 5. The van der Waals surface area contributed by atoms with Gasteiger partial charge in [0, 0.05) is 28.3 Å². The summed E-state index contributed by atoms with van der Waals surface area (Å²) in [6.45, 7) is 2.55. The summed E-state index contributed by atoms with van der Waals surface area (Å²) in [5.41, 5.74) is 5.00. The Hall–Kier alpha value is -4.01. The molecular weight excluding hydrogens is 523 g/mol. The first kappa shape index (κ1) is 25.0. The predicted molar refractivity (Wildman–Crippen MR) is 155 cm³/mol. The van der Waals surface area contributed by atoms with E-state index in [9.17, 15) is 14.3 Å². The number of aromatic nitrogens is 2. The molecule has 7 rings (SSSR count). The molecule has 40 heavy (non-hydrogen) atoms. The van der Waals surface area contributed by atoms with Gasteiger partial charge in [-0.25, -0.2) is 9.37 Å². The Labute approximate surface area is 235 Å². The number of halogens is 1. The van der Waals surface area contributed by atoms with Crippen LogP contribution in [0.4, 0.5) is 4.39 Å². The first-order valence-electron chi connectivity index (χ1n) is 13.7. The number of nitrogens with one attached hydrogen (secondary N) is 2. The monoisotopic (exact) mass is 552 g/mol. The van der Waals surface area contributed by atoms with Gasteiger partial charge in [0.05, 0.1) is 16.6 Å². The van der Waals surface area contributed by atoms with E-state index in [1.807, 2.05) is 30.3 Å². The molecule has 1 atom stereocenters. The second-order valence-corrected chi connectivity index (χ2v) is 11.7. The molecule has 0 bridgehead atoms. The first-order chi connectivity index (χ1) is 19.5. The molecule has 1 amide bonds. The lowest BCUT2D eigenvalue weighted by Crippen LogP contribution is -2.40. The Morgan fingerprint density at radius 3 is 2.62 bits per heavy atom. The molecule has 202 valence electrons. The van der Waals surface area contributed by atoms with E-state index in [0.717, 1.165) is 52.3 Å². The molecule has 5 aromatic rings. The van der Waals surface area contributed by atoms with E-state index in [1.54, 1.807) is 16.2 Å². The largest absolute Gasteiger partial charge is 0.508 e. The summed E-state index contributed by atoms with van der Waals surface area (Å²) in [4.78, 5) is 25.9. The van der Waals surface area contributed by atoms with Crippen LogP contribution in [0, 0.1) is 5.82 Å². The molecule has 8 heteroatoms. The maximum absolute atomic E-state index is 14.4. The number of aromatic amines is 1. The zero-order valence-electron chi connectivity index (χ0n) is 21.9. The molecule has 6 nitrogen and oxygen atoms in total. The zero-order valence-corrected chi connectivity index (χ0v) is 22.7. The number of fused-ring (bicyclic) bond motifs is 2. The number of carbonyl (C=O) groups is 1. The predicted octanol–water partition coefficient (Wildman–Crippen LogP) is 6.39. The zero-order chi connectivity index (χ0) is 27.2. The minimum atomic E-state index is -0.767. The number of thiophene rings is 1. The number of nitrogens with zero attached hydrogens (tertiary/aromatic N) is 2. The number of amides is 1. The SMILES string of the molecule is O=C1c2cc(-c3ccc(C4CCNCC4)cc3)sc2CCN1C(c1nc2ccccc2[nH]1)c1cc(F)ccc1O. The Morgan fingerprint density at radius 1 is 1.02 bits per heavy atom. The van der Waals surface area contributed by atoms with Gasteiger partial charge in [-0.2, -0.15) is 0 Å². The molecule has 0 spiro atoms. The number of hydrogen-bond donors (Lipinski definition) is 3. The molecular formula is C32H29FN4O2S. The fourth-order valence-corrected chi connectivity index (χ4v) is 7.19. The third-order valence-electron chi connectivity index (χ3n) is 8.15. The standard InChI is InChI=1S/C32H29FN4O2S/c33-22-9-10-27(38)23(17-22)30(31-35-25-3-1-2-4-26(25)36-31)37-16-13-28-24(32(37)39)18-29(40-28)21-7-5-19(6-8-21)20-11-14-34-15-12-20/h1-10,17-18,20,30,34,38H,11-16H2,(H,35,36). The van der Waals surface area contributed by atoms with E-state index in [-0.39, 0.29) is 11.7 Å². The average Bonchev–Trinajstić information content (AvgIpc) is 3.62. The maximum Gasteiger partial charge on any atom is 0.255 e. The summed E-state index contributed by atoms with van der Waals surface area (Å²) < 4.78 is 14.4. The lowest BCUT2D eigenvalue weighted by atomic mass is 9.90. The quantitative estimate of drug-likeness (QED) is 0.236. The van der Waals surface area contributed by atoms with E-state index in [4.69, 9.17) is 4.98 Å². The van der Waals surface area contributed by atoms with Crippen LogP contribution in [-0.2, 0) is 6.42 Å². The van der Waals surface area contributed by atoms with Crippen LogP contribution in [0.1, 0.15) is 57.0 Å². The normalized spacial score (nSPS) is 16.8. The number of hydrogen-bond acceptors (Lipinski definition) is 5. The molecule has 4 heterocycles. The fourth-order valence-electron chi connectivity index (χ4n) is 6.05. The first-order valence-corrected chi connectivity index (χ1v) is 14.5. The third-order valence-corrected chi connectivity index (χ3v) is 9.39. The molecule has 2 aliphatic heterocycles. The van der Waals surface area contributed by atoms with Gasteiger partial charge >= 0.3 is 0 Å². The van der Waals surface area contributed by atoms with Gasteiger partial charge in [0.25, 0.3) is 5.91 Å². The highest BCUT2D eigenvalue weighted by Gasteiger charge is 2.36. The topological polar surface area (TPSA) is 81.2 Å². The van der Waals surface area contributed by atoms with Crippen LogP contribution in [0.5, 0.6) is 5.75 Å². The molecule has 0 radical (unpaired) electrons. The van der Waals surface area contributed by atoms with Crippen molar-refractivity contribution in [3.63, 3.8) is 0 Å². The van der Waals surface area contributed by atoms with Crippen molar-refractivity contribution in [3.05, 3.63) is 106 Å². The highest BCUT2D eigenvalue weighted by molar-refractivity contribution is 7.15. The van der Waals surface area contributed by atoms with Crippen LogP contribution in [0.3, 0.4) is 0 Å². The molecule has 3 aromatic carbocycles. The van der Waals surface area contributed by atoms with Crippen molar-refractivity contribution in [3.8, 4) is 16.2 Å². The minimum absolute atomic E-state index is 0.0784. The van der Waals surface area contributed by atoms with E-state index in [1.165, 1.54) is 23.8 Å². The van der Waals surface area contributed by atoms with Crippen LogP contribution >= 0.6 is 11.3 Å². The minimum Gasteiger partial charge on any atom is -0.508 e. The number of phenolic OH excluding ortho intramolecular Hbond substituents is 1. The second kappa shape index (κ2) is 10.2. The fraction of sp³-hybridized carbons (Fsp3) is 0.250. The van der Waals surface area contributed by atoms with Crippen molar-refractivity contribution in [2.75, 3.05) is 19.6 Å². The van der Waals surface area contributed by atoms with Gasteiger partial charge in [0.15, 0.2) is 0 Å². The average molecular weight is 553 g/mol. The van der Waals surface area contributed by atoms with Gasteiger partial charge in [-0.15, -0.1) is 11.3 Å². The van der Waals surface area contributed by atoms with Crippen molar-refractivity contribution in [2.45, 2.75) is 31.2 Å². The van der Waals surface area contributed by atoms with E-state index >= 15 is 0 Å². The summed E-state index contributed by atoms with van der Waals surface area (Å²) in [6.07, 6.45) is 2.99. The Bertz CT molecular complexity index is 1670. The molecule has 1 fully saturated rings. The number of H-pyrrole nitrogens is 1. The van der Waals surface area contributed by atoms with Gasteiger partial charge < -0.3 is 20.3 Å². The van der Waals surface area contributed by atoms with Crippen LogP contribution in [-0.4, -0.2) is 45.5 Å². The van der Waals surface area contributed by atoms with Crippen LogP contribution in [0.15, 0.2) is 72.8 Å². The highest BCUT2D eigenvalue weighted by atomic mass is 32.1. The number of imidazole rings is 1. The molecule has 1 saturated heterocycles. The molecule has 3 N–H and O–H groups in total. The summed E-state index contributed by atoms with van der Waals surface area (Å²) in [5, 5.41) is 14.2. The maximum atomic E-state index is 14.4. The van der Waals surface area contributed by atoms with E-state index < -0.39 is 11.9 Å². The lowest BCUT2D eigenvalue weighted by molar-refractivity contribution is 0.0683. The van der Waals surface area contributed by atoms with Gasteiger partial charge in [0.1, 0.15) is 23.4 Å². The van der Waals surface area contributed by atoms with Crippen LogP contribution in [0.25, 0.3) is 21.5 Å². The van der Waals surface area contributed by atoms with Crippen molar-refractivity contribution in [1.29, 1.82) is 0 Å². The van der Waals surface area contributed by atoms with Gasteiger partial charge in [-0.05, 0) is 79.4 Å². The smallest absolute Gasteiger partial charge is 0.255 e. The number of carbonyl (C=O) groups excluding carboxylic acids is 1. The molecule has 1 unspecified atom stereocenters. The summed E-state index contributed by atoms with van der Waals surface area (Å²) in [6, 6.07) is 21.4. The number of piperidine rings is 1. The van der Waals surface area contributed by atoms with Crippen molar-refractivity contribution in [1.82, 2.24) is 20.2 Å². The third kappa shape index (κ3) is 4.47. The molecule has 2 aromatic heterocycles. The summed E-state index contributed by atoms with van der Waals surface area (Å²) in [5.74, 6) is 0.374. The van der Waals surface area contributed by atoms with Crippen LogP contribution < -0.4 is 5.32 Å². The molecule has 0 saturated carbocycles. The van der Waals surface area contributed by atoms with Crippen molar-refractivity contribution in [2.24, 2.45) is 0 Å². The number of benzene rings is 3. The number of phenols is 1. The van der Waals surface area contributed by atoms with E-state index in [2.05, 4.69) is 34.6 Å². The Balaban J connectivity index is 1.23. The van der Waals surface area contributed by atoms with Gasteiger partial charge in [-0.1, -0.05) is 36.4 Å². The highest BCUT2D eigenvalue weighted by Crippen LogP contribution is 2.41. The van der Waals surface area contributed by atoms with Gasteiger partial charge in [-0.3, -0.25) is 4.79 Å². The summed E-state index contributed by atoms with van der Waals surface area (Å²) in [7, 11) is 0. The molecule has 0 aliphatic carbocycles. The lowest BCUT2D eigenvalue weighted by Gasteiger charge is -2.34. The Kier molecular flexibility index (Phi) is 6.37. The molecule has 2 aliphatic rings. The second-order valence-electron chi connectivity index (χ2n) is 10.6. The van der Waals surface area contributed by atoms with Crippen molar-refractivity contribution < 1.29 is 14.3 Å². The Morgan fingerprint density at radius 2 is 1.82 bits per heavy atom. The van der Waals surface area contributed by atoms with Crippen LogP contribution in [0.2, 0.25) is 0 Å².